The molecule has 0 unspecified atom stereocenters. The van der Waals surface area contributed by atoms with E-state index in [4.69, 9.17) is 0 Å². The molecule has 0 amide bonds. The SMILES string of the molecule is Cc1csc(CCNc2ncccc2S(C)(=O)=O)n1. The van der Waals surface area contributed by atoms with Gasteiger partial charge in [-0.25, -0.2) is 18.4 Å². The lowest BCUT2D eigenvalue weighted by molar-refractivity contribution is 0.602. The average Bonchev–Trinajstić information content (AvgIpc) is 2.74. The average molecular weight is 297 g/mol. The molecule has 2 heterocycles. The second-order valence-electron chi connectivity index (χ2n) is 4.18. The number of aryl methyl sites for hydroxylation is 1. The molecule has 0 spiro atoms. The fourth-order valence-corrected chi connectivity index (χ4v) is 3.21. The highest BCUT2D eigenvalue weighted by Crippen LogP contribution is 2.18. The van der Waals surface area contributed by atoms with Gasteiger partial charge in [0.25, 0.3) is 0 Å². The number of nitrogens with one attached hydrogen (secondary N) is 1. The van der Waals surface area contributed by atoms with Crippen molar-refractivity contribution in [1.29, 1.82) is 0 Å². The fraction of sp³-hybridized carbons (Fsp3) is 0.333. The summed E-state index contributed by atoms with van der Waals surface area (Å²) in [7, 11) is -3.26. The minimum atomic E-state index is -3.26. The molecule has 0 aliphatic carbocycles. The number of sulfone groups is 1. The van der Waals surface area contributed by atoms with Crippen LogP contribution in [0.4, 0.5) is 5.82 Å². The summed E-state index contributed by atoms with van der Waals surface area (Å²) < 4.78 is 23.2. The van der Waals surface area contributed by atoms with Crippen LogP contribution < -0.4 is 5.32 Å². The van der Waals surface area contributed by atoms with Crippen molar-refractivity contribution in [3.63, 3.8) is 0 Å². The molecule has 0 aliphatic rings. The predicted molar refractivity (Wildman–Crippen MR) is 76.4 cm³/mol. The van der Waals surface area contributed by atoms with Crippen molar-refractivity contribution in [3.8, 4) is 0 Å². The summed E-state index contributed by atoms with van der Waals surface area (Å²) in [6, 6.07) is 3.17. The summed E-state index contributed by atoms with van der Waals surface area (Å²) in [6.07, 6.45) is 3.50. The van der Waals surface area contributed by atoms with Crippen LogP contribution in [-0.2, 0) is 16.3 Å². The second kappa shape index (κ2) is 5.66. The molecule has 0 aliphatic heterocycles. The van der Waals surface area contributed by atoms with Gasteiger partial charge in [-0.15, -0.1) is 11.3 Å². The maximum atomic E-state index is 11.6. The van der Waals surface area contributed by atoms with Gasteiger partial charge in [-0.2, -0.15) is 0 Å². The Labute approximate surface area is 116 Å². The molecule has 1 N–H and O–H groups in total. The smallest absolute Gasteiger partial charge is 0.179 e. The third kappa shape index (κ3) is 3.74. The molecule has 0 saturated carbocycles. The summed E-state index contributed by atoms with van der Waals surface area (Å²) >= 11 is 1.60. The lowest BCUT2D eigenvalue weighted by atomic mass is 10.4. The van der Waals surface area contributed by atoms with Crippen LogP contribution in [0.1, 0.15) is 10.7 Å². The highest BCUT2D eigenvalue weighted by molar-refractivity contribution is 7.90. The minimum absolute atomic E-state index is 0.227. The lowest BCUT2D eigenvalue weighted by Crippen LogP contribution is -2.10. The first kappa shape index (κ1) is 14.0. The fourth-order valence-electron chi connectivity index (χ4n) is 1.63. The molecule has 0 fully saturated rings. The molecule has 19 heavy (non-hydrogen) atoms. The van der Waals surface area contributed by atoms with Gasteiger partial charge in [-0.3, -0.25) is 0 Å². The van der Waals surface area contributed by atoms with Crippen LogP contribution in [0.5, 0.6) is 0 Å². The van der Waals surface area contributed by atoms with Crippen molar-refractivity contribution in [2.45, 2.75) is 18.2 Å². The van der Waals surface area contributed by atoms with Crippen molar-refractivity contribution >= 4 is 27.0 Å². The lowest BCUT2D eigenvalue weighted by Gasteiger charge is -2.08. The third-order valence-electron chi connectivity index (χ3n) is 2.47. The van der Waals surface area contributed by atoms with E-state index in [1.807, 2.05) is 12.3 Å². The van der Waals surface area contributed by atoms with Gasteiger partial charge in [0.1, 0.15) is 10.7 Å². The monoisotopic (exact) mass is 297 g/mol. The Kier molecular flexibility index (Phi) is 4.16. The van der Waals surface area contributed by atoms with E-state index in [2.05, 4.69) is 15.3 Å². The van der Waals surface area contributed by atoms with Gasteiger partial charge in [0.15, 0.2) is 9.84 Å². The number of pyridine rings is 1. The molecule has 0 saturated heterocycles. The first-order chi connectivity index (χ1) is 8.97. The molecule has 2 rings (SSSR count). The van der Waals surface area contributed by atoms with Crippen LogP contribution in [-0.4, -0.2) is 31.2 Å². The number of nitrogens with zero attached hydrogens (tertiary/aromatic N) is 2. The zero-order valence-corrected chi connectivity index (χ0v) is 12.4. The van der Waals surface area contributed by atoms with Crippen LogP contribution >= 0.6 is 11.3 Å². The van der Waals surface area contributed by atoms with E-state index >= 15 is 0 Å². The van der Waals surface area contributed by atoms with Crippen molar-refractivity contribution < 1.29 is 8.42 Å². The van der Waals surface area contributed by atoms with Gasteiger partial charge < -0.3 is 5.32 Å². The van der Waals surface area contributed by atoms with E-state index in [1.165, 1.54) is 6.26 Å². The van der Waals surface area contributed by atoms with E-state index in [9.17, 15) is 8.42 Å². The number of rotatable bonds is 5. The van der Waals surface area contributed by atoms with Crippen LogP contribution in [0.3, 0.4) is 0 Å². The van der Waals surface area contributed by atoms with Gasteiger partial charge in [-0.05, 0) is 19.1 Å². The number of hydrogen-bond donors (Lipinski definition) is 1. The molecular formula is C12H15N3O2S2. The zero-order chi connectivity index (χ0) is 13.9. The summed E-state index contributed by atoms with van der Waals surface area (Å²) in [5, 5.41) is 6.08. The quantitative estimate of drug-likeness (QED) is 0.912. The van der Waals surface area contributed by atoms with Gasteiger partial charge in [0.05, 0.1) is 5.01 Å². The van der Waals surface area contributed by atoms with Crippen molar-refractivity contribution in [2.24, 2.45) is 0 Å². The Morgan fingerprint density at radius 1 is 1.42 bits per heavy atom. The van der Waals surface area contributed by atoms with Crippen molar-refractivity contribution in [2.75, 3.05) is 18.1 Å². The Morgan fingerprint density at radius 3 is 2.84 bits per heavy atom. The summed E-state index contributed by atoms with van der Waals surface area (Å²) in [5.41, 5.74) is 1.01. The van der Waals surface area contributed by atoms with Gasteiger partial charge >= 0.3 is 0 Å². The Hall–Kier alpha value is -1.47. The van der Waals surface area contributed by atoms with Crippen LogP contribution in [0, 0.1) is 6.92 Å². The second-order valence-corrected chi connectivity index (χ2v) is 7.11. The number of thiazole rings is 1. The molecule has 0 bridgehead atoms. The highest BCUT2D eigenvalue weighted by Gasteiger charge is 2.13. The van der Waals surface area contributed by atoms with Gasteiger partial charge in [0.2, 0.25) is 0 Å². The maximum absolute atomic E-state index is 11.6. The Balaban J connectivity index is 2.04. The van der Waals surface area contributed by atoms with Crippen LogP contribution in [0.25, 0.3) is 0 Å². The Bertz CT molecular complexity index is 665. The highest BCUT2D eigenvalue weighted by atomic mass is 32.2. The number of hydrogen-bond acceptors (Lipinski definition) is 6. The first-order valence-electron chi connectivity index (χ1n) is 5.77. The maximum Gasteiger partial charge on any atom is 0.179 e. The third-order valence-corrected chi connectivity index (χ3v) is 4.62. The summed E-state index contributed by atoms with van der Waals surface area (Å²) in [6.45, 7) is 2.56. The first-order valence-corrected chi connectivity index (χ1v) is 8.54. The number of anilines is 1. The molecule has 0 radical (unpaired) electrons. The summed E-state index contributed by atoms with van der Waals surface area (Å²) in [4.78, 5) is 8.65. The van der Waals surface area contributed by atoms with E-state index in [1.54, 1.807) is 29.7 Å². The van der Waals surface area contributed by atoms with E-state index in [0.29, 0.717) is 12.4 Å². The van der Waals surface area contributed by atoms with Crippen molar-refractivity contribution in [1.82, 2.24) is 9.97 Å². The molecule has 2 aromatic rings. The Morgan fingerprint density at radius 2 is 2.21 bits per heavy atom. The van der Waals surface area contributed by atoms with Gasteiger partial charge in [-0.1, -0.05) is 0 Å². The normalized spacial score (nSPS) is 11.5. The van der Waals surface area contributed by atoms with Crippen molar-refractivity contribution in [3.05, 3.63) is 34.4 Å². The molecule has 2 aromatic heterocycles. The number of aromatic nitrogens is 2. The van der Waals surface area contributed by atoms with Crippen LogP contribution in [0.15, 0.2) is 28.6 Å². The minimum Gasteiger partial charge on any atom is -0.369 e. The zero-order valence-electron chi connectivity index (χ0n) is 10.8. The summed E-state index contributed by atoms with van der Waals surface area (Å²) in [5.74, 6) is 0.401. The topological polar surface area (TPSA) is 72.0 Å². The standard InChI is InChI=1S/C12H15N3O2S2/c1-9-8-18-11(15-9)5-7-14-12-10(19(2,16)17)4-3-6-13-12/h3-4,6,8H,5,7H2,1-2H3,(H,13,14). The molecule has 102 valence electrons. The van der Waals surface area contributed by atoms with Crippen LogP contribution in [0.2, 0.25) is 0 Å². The largest absolute Gasteiger partial charge is 0.369 e. The molecule has 0 atom stereocenters. The molecular weight excluding hydrogens is 282 g/mol. The molecule has 5 nitrogen and oxygen atoms in total. The molecule has 7 heteroatoms. The van der Waals surface area contributed by atoms with Gasteiger partial charge in [0, 0.05) is 36.5 Å². The van der Waals surface area contributed by atoms with E-state index < -0.39 is 9.84 Å². The van der Waals surface area contributed by atoms with E-state index in [0.717, 1.165) is 17.1 Å². The predicted octanol–water partition coefficient (Wildman–Crippen LogP) is 1.90. The molecule has 0 aromatic carbocycles. The van der Waals surface area contributed by atoms with E-state index in [-0.39, 0.29) is 4.90 Å².